The summed E-state index contributed by atoms with van der Waals surface area (Å²) in [7, 11) is -12.9. The van der Waals surface area contributed by atoms with E-state index in [-0.39, 0.29) is 4.49 Å². The topological polar surface area (TPSA) is 72.5 Å². The second kappa shape index (κ2) is 4.90. The zero-order valence-electron chi connectivity index (χ0n) is 7.59. The van der Waals surface area contributed by atoms with E-state index in [1.807, 2.05) is 0 Å². The first-order valence-corrected chi connectivity index (χ1v) is 6.29. The second-order valence-electron chi connectivity index (χ2n) is 2.57. The molecule has 0 aromatic heterocycles. The van der Waals surface area contributed by atoms with Gasteiger partial charge in [0.05, 0.1) is 0 Å². The summed E-state index contributed by atoms with van der Waals surface area (Å²) >= 11 is 0. The van der Waals surface area contributed by atoms with Crippen molar-refractivity contribution in [2.24, 2.45) is 0 Å². The van der Waals surface area contributed by atoms with E-state index < -0.39 is 36.7 Å². The van der Waals surface area contributed by atoms with Gasteiger partial charge >= 0.3 is 30.6 Å². The monoisotopic (exact) mass is 331 g/mol. The van der Waals surface area contributed by atoms with E-state index in [9.17, 15) is 47.7 Å². The Labute approximate surface area is 94.0 Å². The lowest BCUT2D eigenvalue weighted by atomic mass is 10.3. The summed E-state index contributed by atoms with van der Waals surface area (Å²) in [6.45, 7) is 0. The van der Waals surface area contributed by atoms with Crippen LogP contribution in [0.4, 0.5) is 34.7 Å². The summed E-state index contributed by atoms with van der Waals surface area (Å²) in [6, 6.07) is 0. The van der Waals surface area contributed by atoms with Gasteiger partial charge in [-0.1, -0.05) is 4.49 Å². The SMILES string of the molecule is O=P(F)(F)NS(=O)(=O)OC(C(F)(F)F)C(F)(F)F. The first kappa shape index (κ1) is 17.5. The number of alkyl halides is 6. The molecule has 0 unspecified atom stereocenters. The first-order chi connectivity index (χ1) is 7.55. The Morgan fingerprint density at radius 1 is 1.00 bits per heavy atom. The highest BCUT2D eigenvalue weighted by atomic mass is 32.2. The Kier molecular flexibility index (Phi) is 4.78. The van der Waals surface area contributed by atoms with Gasteiger partial charge in [-0.05, 0) is 0 Å². The second-order valence-corrected chi connectivity index (χ2v) is 5.32. The molecule has 0 rings (SSSR count). The lowest BCUT2D eigenvalue weighted by molar-refractivity contribution is -0.299. The van der Waals surface area contributed by atoms with Crippen LogP contribution in [0.3, 0.4) is 0 Å². The van der Waals surface area contributed by atoms with Crippen molar-refractivity contribution in [3.05, 3.63) is 0 Å². The summed E-state index contributed by atoms with van der Waals surface area (Å²) in [6.07, 6.45) is -17.3. The third-order valence-electron chi connectivity index (χ3n) is 1.04. The van der Waals surface area contributed by atoms with Gasteiger partial charge in [0.15, 0.2) is 0 Å². The maximum Gasteiger partial charge on any atom is 0.495 e. The highest BCUT2D eigenvalue weighted by Gasteiger charge is 2.60. The summed E-state index contributed by atoms with van der Waals surface area (Å²) in [5, 5.41) is 0. The van der Waals surface area contributed by atoms with Gasteiger partial charge in [0.25, 0.3) is 6.10 Å². The lowest BCUT2D eigenvalue weighted by Crippen LogP contribution is -2.47. The molecule has 0 saturated heterocycles. The van der Waals surface area contributed by atoms with Crippen molar-refractivity contribution in [2.45, 2.75) is 18.5 Å². The van der Waals surface area contributed by atoms with E-state index in [4.69, 9.17) is 0 Å². The largest absolute Gasteiger partial charge is 0.495 e. The van der Waals surface area contributed by atoms with Crippen LogP contribution in [0.2, 0.25) is 0 Å². The number of nitrogens with one attached hydrogen (secondary N) is 1. The van der Waals surface area contributed by atoms with Crippen LogP contribution in [-0.2, 0) is 19.1 Å². The number of hydrogen-bond donors (Lipinski definition) is 1. The molecule has 0 amide bonds. The molecule has 0 spiro atoms. The molecule has 0 heterocycles. The van der Waals surface area contributed by atoms with Crippen molar-refractivity contribution in [1.82, 2.24) is 4.49 Å². The average molecular weight is 331 g/mol. The molecule has 18 heavy (non-hydrogen) atoms. The van der Waals surface area contributed by atoms with E-state index in [0.717, 1.165) is 0 Å². The van der Waals surface area contributed by atoms with Crippen LogP contribution in [0.5, 0.6) is 0 Å². The van der Waals surface area contributed by atoms with E-state index in [2.05, 4.69) is 4.18 Å². The molecule has 0 aliphatic rings. The van der Waals surface area contributed by atoms with Crippen molar-refractivity contribution in [3.8, 4) is 0 Å². The number of rotatable bonds is 4. The van der Waals surface area contributed by atoms with Crippen LogP contribution in [0.25, 0.3) is 0 Å². The van der Waals surface area contributed by atoms with Gasteiger partial charge in [0.1, 0.15) is 0 Å². The van der Waals surface area contributed by atoms with Crippen molar-refractivity contribution < 1.29 is 51.9 Å². The minimum atomic E-state index is -6.65. The maximum atomic E-state index is 11.8. The molecular formula is C3H2F8NO4PS. The van der Waals surface area contributed by atoms with Gasteiger partial charge < -0.3 is 0 Å². The molecule has 110 valence electrons. The molecule has 0 aromatic rings. The molecule has 0 aliphatic carbocycles. The fourth-order valence-electron chi connectivity index (χ4n) is 0.573. The fourth-order valence-corrected chi connectivity index (χ4v) is 2.26. The molecule has 0 bridgehead atoms. The Morgan fingerprint density at radius 3 is 1.56 bits per heavy atom. The maximum absolute atomic E-state index is 11.8. The molecule has 0 radical (unpaired) electrons. The normalized spacial score (nSPS) is 15.2. The quantitative estimate of drug-likeness (QED) is 0.634. The van der Waals surface area contributed by atoms with Gasteiger partial charge in [-0.2, -0.15) is 34.8 Å². The Morgan fingerprint density at radius 2 is 1.33 bits per heavy atom. The van der Waals surface area contributed by atoms with Crippen molar-refractivity contribution in [1.29, 1.82) is 0 Å². The van der Waals surface area contributed by atoms with Gasteiger partial charge in [-0.25, -0.2) is 8.75 Å². The third kappa shape index (κ3) is 6.47. The summed E-state index contributed by atoms with van der Waals surface area (Å²) in [5.74, 6) is 0. The molecule has 0 saturated carbocycles. The first-order valence-electron chi connectivity index (χ1n) is 3.40. The van der Waals surface area contributed by atoms with Crippen molar-refractivity contribution in [2.75, 3.05) is 0 Å². The predicted molar refractivity (Wildman–Crippen MR) is 38.9 cm³/mol. The molecular weight excluding hydrogens is 329 g/mol. The summed E-state index contributed by atoms with van der Waals surface area (Å²) in [5.41, 5.74) is 0. The van der Waals surface area contributed by atoms with Gasteiger partial charge in [0, 0.05) is 0 Å². The van der Waals surface area contributed by atoms with Crippen LogP contribution in [0.1, 0.15) is 0 Å². The minimum Gasteiger partial charge on any atom is -0.235 e. The van der Waals surface area contributed by atoms with E-state index in [0.29, 0.717) is 0 Å². The standard InChI is InChI=1S/C3H2F8NO4PS/c4-2(5,6)1(3(7,8)9)16-18(14,15)12-17(10,11)13/h1H,(H,12,13). The smallest absolute Gasteiger partial charge is 0.235 e. The van der Waals surface area contributed by atoms with Crippen LogP contribution in [0.15, 0.2) is 0 Å². The van der Waals surface area contributed by atoms with E-state index in [1.165, 1.54) is 0 Å². The van der Waals surface area contributed by atoms with E-state index >= 15 is 0 Å². The number of hydrogen-bond acceptors (Lipinski definition) is 4. The van der Waals surface area contributed by atoms with Crippen LogP contribution in [-0.4, -0.2) is 26.9 Å². The number of halogens is 8. The molecule has 0 atom stereocenters. The zero-order chi connectivity index (χ0) is 15.0. The molecule has 5 nitrogen and oxygen atoms in total. The fraction of sp³-hybridized carbons (Fsp3) is 1.00. The van der Waals surface area contributed by atoms with Gasteiger partial charge in [-0.15, -0.1) is 8.39 Å². The third-order valence-corrected chi connectivity index (χ3v) is 3.23. The molecule has 1 N–H and O–H groups in total. The van der Waals surface area contributed by atoms with Crippen LogP contribution < -0.4 is 4.49 Å². The Bertz CT molecular complexity index is 420. The lowest BCUT2D eigenvalue weighted by Gasteiger charge is -2.22. The molecule has 15 heteroatoms. The zero-order valence-corrected chi connectivity index (χ0v) is 9.30. The Hall–Kier alpha value is -0.460. The Balaban J connectivity index is 5.21. The highest BCUT2D eigenvalue weighted by molar-refractivity contribution is 7.90. The van der Waals surface area contributed by atoms with Crippen LogP contribution >= 0.6 is 7.91 Å². The predicted octanol–water partition coefficient (Wildman–Crippen LogP) is 2.38. The van der Waals surface area contributed by atoms with Gasteiger partial charge in [-0.3, -0.25) is 0 Å². The summed E-state index contributed by atoms with van der Waals surface area (Å²) < 4.78 is 127. The average Bonchev–Trinajstić information content (AvgIpc) is 1.90. The van der Waals surface area contributed by atoms with E-state index in [1.54, 1.807) is 0 Å². The summed E-state index contributed by atoms with van der Waals surface area (Å²) in [4.78, 5) is 0. The minimum absolute atomic E-state index is 0.258. The molecule has 0 fully saturated rings. The van der Waals surface area contributed by atoms with Gasteiger partial charge in [0.2, 0.25) is 0 Å². The van der Waals surface area contributed by atoms with Crippen molar-refractivity contribution in [3.63, 3.8) is 0 Å². The molecule has 0 aliphatic heterocycles. The highest BCUT2D eigenvalue weighted by Crippen LogP contribution is 2.46. The van der Waals surface area contributed by atoms with Crippen LogP contribution in [0, 0.1) is 0 Å². The molecule has 0 aromatic carbocycles. The van der Waals surface area contributed by atoms with Crippen molar-refractivity contribution >= 4 is 18.2 Å².